The number of methoxy groups -OCH3 is 2. The fraction of sp³-hybridized carbons (Fsp3) is 0.462. The standard InChI is InChI=1S/C13H18O4/c1-9(13(14)15)6-10-4-5-11(8-16-2)12(7-10)17-3/h4-5,7,9H,6,8H2,1-3H3,(H,14,15). The van der Waals surface area contributed by atoms with Gasteiger partial charge in [0.15, 0.2) is 0 Å². The molecule has 94 valence electrons. The van der Waals surface area contributed by atoms with E-state index in [9.17, 15) is 4.79 Å². The first-order chi connectivity index (χ1) is 8.08. The number of rotatable bonds is 6. The lowest BCUT2D eigenvalue weighted by Crippen LogP contribution is -2.12. The zero-order chi connectivity index (χ0) is 12.8. The molecule has 0 radical (unpaired) electrons. The van der Waals surface area contributed by atoms with Gasteiger partial charge in [0.2, 0.25) is 0 Å². The second-order valence-corrected chi connectivity index (χ2v) is 4.02. The Hall–Kier alpha value is -1.55. The first-order valence-corrected chi connectivity index (χ1v) is 5.46. The van der Waals surface area contributed by atoms with E-state index in [4.69, 9.17) is 14.6 Å². The summed E-state index contributed by atoms with van der Waals surface area (Å²) in [6.45, 7) is 2.18. The number of carboxylic acid groups (broad SMARTS) is 1. The highest BCUT2D eigenvalue weighted by molar-refractivity contribution is 5.69. The maximum absolute atomic E-state index is 10.8. The molecule has 0 aliphatic heterocycles. The highest BCUT2D eigenvalue weighted by Gasteiger charge is 2.13. The number of carboxylic acids is 1. The predicted molar refractivity (Wildman–Crippen MR) is 64.2 cm³/mol. The monoisotopic (exact) mass is 238 g/mol. The van der Waals surface area contributed by atoms with Crippen LogP contribution in [0, 0.1) is 5.92 Å². The number of hydrogen-bond acceptors (Lipinski definition) is 3. The van der Waals surface area contributed by atoms with E-state index in [1.165, 1.54) is 0 Å². The van der Waals surface area contributed by atoms with Gasteiger partial charge in [-0.05, 0) is 18.1 Å². The van der Waals surface area contributed by atoms with Crippen molar-refractivity contribution in [2.24, 2.45) is 5.92 Å². The molecule has 0 aromatic heterocycles. The van der Waals surface area contributed by atoms with Crippen LogP contribution < -0.4 is 4.74 Å². The van der Waals surface area contributed by atoms with Gasteiger partial charge >= 0.3 is 5.97 Å². The molecule has 0 saturated carbocycles. The van der Waals surface area contributed by atoms with Crippen molar-refractivity contribution in [3.63, 3.8) is 0 Å². The molecule has 0 bridgehead atoms. The average molecular weight is 238 g/mol. The summed E-state index contributed by atoms with van der Waals surface area (Å²) < 4.78 is 10.3. The summed E-state index contributed by atoms with van der Waals surface area (Å²) in [4.78, 5) is 10.8. The first kappa shape index (κ1) is 13.5. The van der Waals surface area contributed by atoms with E-state index in [2.05, 4.69) is 0 Å². The lowest BCUT2D eigenvalue weighted by molar-refractivity contribution is -0.141. The van der Waals surface area contributed by atoms with Crippen LogP contribution in [-0.4, -0.2) is 25.3 Å². The zero-order valence-electron chi connectivity index (χ0n) is 10.4. The predicted octanol–water partition coefficient (Wildman–Crippen LogP) is 2.10. The van der Waals surface area contributed by atoms with Gasteiger partial charge in [-0.1, -0.05) is 19.1 Å². The Labute approximate surface area is 101 Å². The van der Waals surface area contributed by atoms with Crippen molar-refractivity contribution in [2.75, 3.05) is 14.2 Å². The van der Waals surface area contributed by atoms with Gasteiger partial charge < -0.3 is 14.6 Å². The third kappa shape index (κ3) is 3.75. The summed E-state index contributed by atoms with van der Waals surface area (Å²) in [5.41, 5.74) is 1.92. The van der Waals surface area contributed by atoms with Crippen molar-refractivity contribution in [3.8, 4) is 5.75 Å². The number of carbonyl (C=O) groups is 1. The van der Waals surface area contributed by atoms with Gasteiger partial charge in [-0.25, -0.2) is 0 Å². The number of ether oxygens (including phenoxy) is 2. The molecule has 1 aromatic rings. The van der Waals surface area contributed by atoms with Gasteiger partial charge in [0.1, 0.15) is 5.75 Å². The third-order valence-corrected chi connectivity index (χ3v) is 2.61. The molecule has 1 rings (SSSR count). The smallest absolute Gasteiger partial charge is 0.306 e. The van der Waals surface area contributed by atoms with Crippen LogP contribution in [0.25, 0.3) is 0 Å². The van der Waals surface area contributed by atoms with Gasteiger partial charge in [-0.15, -0.1) is 0 Å². The zero-order valence-corrected chi connectivity index (χ0v) is 10.4. The van der Waals surface area contributed by atoms with E-state index in [0.717, 1.165) is 16.9 Å². The van der Waals surface area contributed by atoms with Crippen LogP contribution in [0.1, 0.15) is 18.1 Å². The van der Waals surface area contributed by atoms with E-state index < -0.39 is 11.9 Å². The molecular formula is C13H18O4. The number of benzene rings is 1. The Bertz CT molecular complexity index is 387. The van der Waals surface area contributed by atoms with Gasteiger partial charge in [-0.3, -0.25) is 4.79 Å². The molecular weight excluding hydrogens is 220 g/mol. The fourth-order valence-corrected chi connectivity index (χ4v) is 1.63. The normalized spacial score (nSPS) is 12.2. The summed E-state index contributed by atoms with van der Waals surface area (Å²) in [5.74, 6) is -0.445. The van der Waals surface area contributed by atoms with Crippen molar-refractivity contribution in [1.29, 1.82) is 0 Å². The molecule has 0 amide bonds. The molecule has 1 atom stereocenters. The Balaban J connectivity index is 2.85. The van der Waals surface area contributed by atoms with E-state index in [0.29, 0.717) is 13.0 Å². The first-order valence-electron chi connectivity index (χ1n) is 5.46. The Morgan fingerprint density at radius 2 is 2.12 bits per heavy atom. The lowest BCUT2D eigenvalue weighted by atomic mass is 10.00. The van der Waals surface area contributed by atoms with Gasteiger partial charge in [0.25, 0.3) is 0 Å². The van der Waals surface area contributed by atoms with Gasteiger partial charge in [0.05, 0.1) is 19.6 Å². The van der Waals surface area contributed by atoms with E-state index in [1.807, 2.05) is 18.2 Å². The summed E-state index contributed by atoms with van der Waals surface area (Å²) in [7, 11) is 3.22. The number of aliphatic carboxylic acids is 1. The molecule has 0 saturated heterocycles. The molecule has 4 heteroatoms. The second kappa shape index (κ2) is 6.25. The van der Waals surface area contributed by atoms with Crippen LogP contribution >= 0.6 is 0 Å². The highest BCUT2D eigenvalue weighted by atomic mass is 16.5. The SMILES string of the molecule is COCc1ccc(CC(C)C(=O)O)cc1OC. The summed E-state index contributed by atoms with van der Waals surface area (Å²) >= 11 is 0. The molecule has 0 heterocycles. The molecule has 0 fully saturated rings. The summed E-state index contributed by atoms with van der Waals surface area (Å²) in [6.07, 6.45) is 0.499. The van der Waals surface area contributed by atoms with Crippen LogP contribution in [-0.2, 0) is 22.6 Å². The van der Waals surface area contributed by atoms with Crippen LogP contribution in [0.2, 0.25) is 0 Å². The Morgan fingerprint density at radius 3 is 2.65 bits per heavy atom. The minimum absolute atomic E-state index is 0.395. The maximum atomic E-state index is 10.8. The van der Waals surface area contributed by atoms with Crippen LogP contribution in [0.3, 0.4) is 0 Å². The lowest BCUT2D eigenvalue weighted by Gasteiger charge is -2.11. The maximum Gasteiger partial charge on any atom is 0.306 e. The Morgan fingerprint density at radius 1 is 1.41 bits per heavy atom. The largest absolute Gasteiger partial charge is 0.496 e. The topological polar surface area (TPSA) is 55.8 Å². The van der Waals surface area contributed by atoms with Crippen LogP contribution in [0.4, 0.5) is 0 Å². The van der Waals surface area contributed by atoms with Crippen LogP contribution in [0.5, 0.6) is 5.75 Å². The molecule has 17 heavy (non-hydrogen) atoms. The van der Waals surface area contributed by atoms with Crippen molar-refractivity contribution in [2.45, 2.75) is 20.0 Å². The molecule has 1 aromatic carbocycles. The van der Waals surface area contributed by atoms with E-state index in [-0.39, 0.29) is 0 Å². The van der Waals surface area contributed by atoms with Crippen molar-refractivity contribution < 1.29 is 19.4 Å². The van der Waals surface area contributed by atoms with Gasteiger partial charge in [-0.2, -0.15) is 0 Å². The molecule has 1 unspecified atom stereocenters. The van der Waals surface area contributed by atoms with Gasteiger partial charge in [0, 0.05) is 12.7 Å². The second-order valence-electron chi connectivity index (χ2n) is 4.02. The fourth-order valence-electron chi connectivity index (χ4n) is 1.63. The van der Waals surface area contributed by atoms with E-state index in [1.54, 1.807) is 21.1 Å². The molecule has 1 N–H and O–H groups in total. The summed E-state index contributed by atoms with van der Waals surface area (Å²) in [6, 6.07) is 5.69. The molecule has 0 spiro atoms. The average Bonchev–Trinajstić information content (AvgIpc) is 2.31. The van der Waals surface area contributed by atoms with Crippen molar-refractivity contribution in [3.05, 3.63) is 29.3 Å². The van der Waals surface area contributed by atoms with Crippen LogP contribution in [0.15, 0.2) is 18.2 Å². The minimum atomic E-state index is -0.787. The third-order valence-electron chi connectivity index (χ3n) is 2.61. The quantitative estimate of drug-likeness (QED) is 0.824. The van der Waals surface area contributed by atoms with E-state index >= 15 is 0 Å². The number of hydrogen-bond donors (Lipinski definition) is 1. The molecule has 0 aliphatic carbocycles. The molecule has 0 aliphatic rings. The van der Waals surface area contributed by atoms with Crippen molar-refractivity contribution in [1.82, 2.24) is 0 Å². The summed E-state index contributed by atoms with van der Waals surface area (Å²) in [5, 5.41) is 8.86. The highest BCUT2D eigenvalue weighted by Crippen LogP contribution is 2.22. The Kier molecular flexibility index (Phi) is 4.97. The molecule has 4 nitrogen and oxygen atoms in total. The minimum Gasteiger partial charge on any atom is -0.496 e. The van der Waals surface area contributed by atoms with Crippen molar-refractivity contribution >= 4 is 5.97 Å².